The highest BCUT2D eigenvalue weighted by Crippen LogP contribution is 2.51. The van der Waals surface area contributed by atoms with E-state index in [1.54, 1.807) is 24.3 Å². The molecule has 10 atom stereocenters. The van der Waals surface area contributed by atoms with Gasteiger partial charge in [-0.2, -0.15) is 0 Å². The summed E-state index contributed by atoms with van der Waals surface area (Å²) in [7, 11) is 3.91. The number of aliphatic hydroxyl groups excluding tert-OH is 6. The Morgan fingerprint density at radius 1 is 0.739 bits per heavy atom. The molecule has 16 nitrogen and oxygen atoms in total. The van der Waals surface area contributed by atoms with Gasteiger partial charge in [0.15, 0.2) is 23.1 Å². The van der Waals surface area contributed by atoms with Crippen molar-refractivity contribution < 1.29 is 73.3 Å². The van der Waals surface area contributed by atoms with Crippen LogP contribution in [-0.2, 0) is 14.2 Å². The lowest BCUT2D eigenvalue weighted by atomic mass is 9.98. The molecule has 5 rings (SSSR count). The molecule has 0 unspecified atom stereocenters. The predicted octanol–water partition coefficient (Wildman–Crippen LogP) is -0.778. The van der Waals surface area contributed by atoms with E-state index in [-0.39, 0.29) is 28.2 Å². The van der Waals surface area contributed by atoms with Crippen LogP contribution in [-0.4, -0.2) is 125 Å². The van der Waals surface area contributed by atoms with E-state index in [0.29, 0.717) is 11.3 Å². The lowest BCUT2D eigenvalue weighted by Crippen LogP contribution is -2.61. The molecule has 0 bridgehead atoms. The van der Waals surface area contributed by atoms with Gasteiger partial charge in [0.05, 0.1) is 34.0 Å². The first kappa shape index (κ1) is 33.6. The number of hydrogen-bond donors (Lipinski definition) is 7. The first-order valence-electron chi connectivity index (χ1n) is 14.2. The van der Waals surface area contributed by atoms with Crippen LogP contribution in [0.1, 0.15) is 6.92 Å². The normalized spacial score (nSPS) is 31.4. The molecule has 0 spiro atoms. The Labute approximate surface area is 261 Å². The molecule has 2 aliphatic rings. The summed E-state index contributed by atoms with van der Waals surface area (Å²) in [6.45, 7) is 0.910. The van der Waals surface area contributed by atoms with Crippen molar-refractivity contribution in [2.45, 2.75) is 68.3 Å². The molecule has 0 aliphatic carbocycles. The van der Waals surface area contributed by atoms with Crippen LogP contribution in [0.5, 0.6) is 28.7 Å². The van der Waals surface area contributed by atoms with Crippen molar-refractivity contribution in [3.8, 4) is 40.1 Å². The van der Waals surface area contributed by atoms with Crippen LogP contribution in [0.15, 0.2) is 39.5 Å². The van der Waals surface area contributed by atoms with Crippen LogP contribution in [0.3, 0.4) is 0 Å². The standard InChI is InChI=1S/C30H36O16/c1-11-18(32)21(35)23(37)29(43-11)42-10-16-19(33)22(36)24(38)30(45-16)46-28-26(40-3)20(34)17-14(31)9-15(44-25(17)27(28)41-4)12-5-7-13(39-2)8-6-12/h5-9,11,16,18-19,21-24,29-30,32-38H,10H2,1-4H3/t11-,16+,18-,19+,21+,22-,23-,24+,29+,30-/m0/s1. The van der Waals surface area contributed by atoms with Gasteiger partial charge in [-0.1, -0.05) is 0 Å². The highest BCUT2D eigenvalue weighted by Gasteiger charge is 2.48. The summed E-state index contributed by atoms with van der Waals surface area (Å²) in [6.07, 6.45) is -15.5. The molecule has 16 heteroatoms. The Hall–Kier alpha value is -3.71. The Morgan fingerprint density at radius 2 is 1.37 bits per heavy atom. The number of hydrogen-bond acceptors (Lipinski definition) is 16. The molecular formula is C30H36O16. The fourth-order valence-corrected chi connectivity index (χ4v) is 5.29. The van der Waals surface area contributed by atoms with Crippen molar-refractivity contribution >= 4 is 11.0 Å². The smallest absolute Gasteiger partial charge is 0.229 e. The fraction of sp³-hybridized carbons (Fsp3) is 0.500. The zero-order valence-corrected chi connectivity index (χ0v) is 25.2. The van der Waals surface area contributed by atoms with E-state index in [0.717, 1.165) is 0 Å². The average Bonchev–Trinajstić information content (AvgIpc) is 3.05. The minimum absolute atomic E-state index is 0.109. The quantitative estimate of drug-likeness (QED) is 0.150. The van der Waals surface area contributed by atoms with Crippen molar-refractivity contribution in [1.29, 1.82) is 0 Å². The molecule has 1 aromatic heterocycles. The van der Waals surface area contributed by atoms with Gasteiger partial charge in [0, 0.05) is 11.6 Å². The van der Waals surface area contributed by atoms with E-state index in [9.17, 15) is 40.5 Å². The molecule has 252 valence electrons. The summed E-state index contributed by atoms with van der Waals surface area (Å²) in [5.41, 5.74) is -0.385. The highest BCUT2D eigenvalue weighted by atomic mass is 16.7. The van der Waals surface area contributed by atoms with Crippen LogP contribution >= 0.6 is 0 Å². The third kappa shape index (κ3) is 6.06. The summed E-state index contributed by atoms with van der Waals surface area (Å²) in [5.74, 6) is -1.00. The van der Waals surface area contributed by atoms with E-state index in [1.165, 1.54) is 34.3 Å². The number of ether oxygens (including phenoxy) is 7. The molecule has 3 aromatic rings. The molecule has 3 heterocycles. The number of aliphatic hydroxyl groups is 6. The maximum absolute atomic E-state index is 13.2. The summed E-state index contributed by atoms with van der Waals surface area (Å²) in [5, 5.41) is 73.1. The molecule has 0 radical (unpaired) electrons. The molecule has 2 fully saturated rings. The van der Waals surface area contributed by atoms with Crippen molar-refractivity contribution in [3.05, 3.63) is 40.6 Å². The van der Waals surface area contributed by atoms with Crippen LogP contribution in [0.4, 0.5) is 0 Å². The molecular weight excluding hydrogens is 616 g/mol. The number of methoxy groups -OCH3 is 3. The van der Waals surface area contributed by atoms with Crippen LogP contribution < -0.4 is 24.4 Å². The van der Waals surface area contributed by atoms with Crippen molar-refractivity contribution in [2.75, 3.05) is 27.9 Å². The molecule has 2 aromatic carbocycles. The van der Waals surface area contributed by atoms with E-state index >= 15 is 0 Å². The van der Waals surface area contributed by atoms with Gasteiger partial charge in [0.1, 0.15) is 59.6 Å². The minimum atomic E-state index is -1.87. The number of benzene rings is 2. The second-order valence-corrected chi connectivity index (χ2v) is 10.8. The van der Waals surface area contributed by atoms with Crippen molar-refractivity contribution in [3.63, 3.8) is 0 Å². The third-order valence-corrected chi connectivity index (χ3v) is 7.94. The molecule has 2 aliphatic heterocycles. The first-order valence-corrected chi connectivity index (χ1v) is 14.2. The van der Waals surface area contributed by atoms with Gasteiger partial charge in [0.25, 0.3) is 0 Å². The topological polar surface area (TPSA) is 236 Å². The van der Waals surface area contributed by atoms with Crippen molar-refractivity contribution in [1.82, 2.24) is 0 Å². The molecule has 46 heavy (non-hydrogen) atoms. The van der Waals surface area contributed by atoms with E-state index in [1.807, 2.05) is 0 Å². The number of phenolic OH excluding ortho intramolecular Hbond substituents is 1. The van der Waals surface area contributed by atoms with Crippen molar-refractivity contribution in [2.24, 2.45) is 0 Å². The highest BCUT2D eigenvalue weighted by molar-refractivity contribution is 5.95. The Balaban J connectivity index is 1.48. The molecule has 0 amide bonds. The number of aromatic hydroxyl groups is 1. The lowest BCUT2D eigenvalue weighted by molar-refractivity contribution is -0.318. The molecule has 7 N–H and O–H groups in total. The monoisotopic (exact) mass is 652 g/mol. The Morgan fingerprint density at radius 3 is 2.00 bits per heavy atom. The number of fused-ring (bicyclic) bond motifs is 1. The predicted molar refractivity (Wildman–Crippen MR) is 155 cm³/mol. The summed E-state index contributed by atoms with van der Waals surface area (Å²) >= 11 is 0. The average molecular weight is 653 g/mol. The van der Waals surface area contributed by atoms with Gasteiger partial charge in [0.2, 0.25) is 23.5 Å². The summed E-state index contributed by atoms with van der Waals surface area (Å²) in [4.78, 5) is 13.2. The Kier molecular flexibility index (Phi) is 9.92. The molecule has 2 saturated heterocycles. The maximum Gasteiger partial charge on any atom is 0.229 e. The number of rotatable bonds is 9. The largest absolute Gasteiger partial charge is 0.504 e. The fourth-order valence-electron chi connectivity index (χ4n) is 5.29. The van der Waals surface area contributed by atoms with E-state index in [4.69, 9.17) is 37.6 Å². The third-order valence-electron chi connectivity index (χ3n) is 7.94. The first-order chi connectivity index (χ1) is 21.9. The Bertz CT molecular complexity index is 1570. The van der Waals surface area contributed by atoms with Gasteiger partial charge in [-0.25, -0.2) is 0 Å². The van der Waals surface area contributed by atoms with E-state index < -0.39 is 84.9 Å². The van der Waals surface area contributed by atoms with Gasteiger partial charge in [-0.3, -0.25) is 4.79 Å². The maximum atomic E-state index is 13.2. The summed E-state index contributed by atoms with van der Waals surface area (Å²) < 4.78 is 44.5. The van der Waals surface area contributed by atoms with Gasteiger partial charge in [-0.15, -0.1) is 0 Å². The molecule has 0 saturated carbocycles. The second-order valence-electron chi connectivity index (χ2n) is 10.8. The van der Waals surface area contributed by atoms with Gasteiger partial charge >= 0.3 is 0 Å². The van der Waals surface area contributed by atoms with Gasteiger partial charge < -0.3 is 73.3 Å². The van der Waals surface area contributed by atoms with Crippen LogP contribution in [0.25, 0.3) is 22.3 Å². The number of phenols is 1. The zero-order chi connectivity index (χ0) is 33.4. The minimum Gasteiger partial charge on any atom is -0.504 e. The summed E-state index contributed by atoms with van der Waals surface area (Å²) in [6, 6.07) is 7.79. The zero-order valence-electron chi connectivity index (χ0n) is 25.2. The second kappa shape index (κ2) is 13.6. The van der Waals surface area contributed by atoms with Crippen LogP contribution in [0.2, 0.25) is 0 Å². The van der Waals surface area contributed by atoms with E-state index in [2.05, 4.69) is 0 Å². The van der Waals surface area contributed by atoms with Crippen LogP contribution in [0, 0.1) is 0 Å². The SMILES string of the molecule is COc1ccc(-c2cc(=O)c3c(O)c(OC)c(O[C@@H]4O[C@H](CO[C@@H]5O[C@@H](C)[C@H](O)[C@@H](O)[C@@H]5O)[C@@H](O)[C@H](O)[C@H]4O)c(OC)c3o2)cc1. The van der Waals surface area contributed by atoms with Gasteiger partial charge in [-0.05, 0) is 31.2 Å². The lowest BCUT2D eigenvalue weighted by Gasteiger charge is -2.42.